The predicted octanol–water partition coefficient (Wildman–Crippen LogP) is 4.44. The molecule has 0 fully saturated rings. The molecule has 0 spiro atoms. The van der Waals surface area contributed by atoms with Gasteiger partial charge in [-0.15, -0.1) is 0 Å². The summed E-state index contributed by atoms with van der Waals surface area (Å²) in [6.07, 6.45) is -4.67. The number of nitrogens with zero attached hydrogens (tertiary/aromatic N) is 1. The number of esters is 1. The fourth-order valence-electron chi connectivity index (χ4n) is 3.54. The van der Waals surface area contributed by atoms with Gasteiger partial charge in [0.15, 0.2) is 0 Å². The van der Waals surface area contributed by atoms with Crippen LogP contribution < -0.4 is 5.32 Å². The van der Waals surface area contributed by atoms with E-state index in [1.54, 1.807) is 12.1 Å². The molecule has 3 rings (SSSR count). The van der Waals surface area contributed by atoms with Gasteiger partial charge in [0.05, 0.1) is 30.3 Å². The molecule has 32 heavy (non-hydrogen) atoms. The number of urea groups is 1. The summed E-state index contributed by atoms with van der Waals surface area (Å²) in [4.78, 5) is 27.2. The van der Waals surface area contributed by atoms with Crippen LogP contribution in [0.15, 0.2) is 65.9 Å². The third-order valence-corrected chi connectivity index (χ3v) is 5.10. The van der Waals surface area contributed by atoms with Gasteiger partial charge in [0.25, 0.3) is 0 Å². The van der Waals surface area contributed by atoms with E-state index in [1.165, 1.54) is 37.1 Å². The molecule has 9 heteroatoms. The van der Waals surface area contributed by atoms with Gasteiger partial charge in [-0.2, -0.15) is 13.2 Å². The smallest absolute Gasteiger partial charge is 0.416 e. The fraction of sp³-hybridized carbons (Fsp3) is 0.304. The molecule has 2 aromatic rings. The number of methoxy groups -OCH3 is 1. The van der Waals surface area contributed by atoms with Gasteiger partial charge in [0.1, 0.15) is 6.61 Å². The Balaban J connectivity index is 2.07. The molecule has 1 unspecified atom stereocenters. The third kappa shape index (κ3) is 5.11. The van der Waals surface area contributed by atoms with Gasteiger partial charge in [-0.05, 0) is 24.1 Å². The van der Waals surface area contributed by atoms with Gasteiger partial charge in [-0.25, -0.2) is 9.59 Å². The minimum Gasteiger partial charge on any atom is -0.460 e. The van der Waals surface area contributed by atoms with Crippen molar-refractivity contribution in [2.75, 3.05) is 20.3 Å². The second-order valence-electron chi connectivity index (χ2n) is 7.17. The molecular weight excluding hydrogens is 425 g/mol. The molecule has 0 bridgehead atoms. The summed E-state index contributed by atoms with van der Waals surface area (Å²) in [6, 6.07) is 12.0. The summed E-state index contributed by atoms with van der Waals surface area (Å²) < 4.78 is 51.1. The Labute approximate surface area is 183 Å². The average molecular weight is 448 g/mol. The second-order valence-corrected chi connectivity index (χ2v) is 7.17. The van der Waals surface area contributed by atoms with Gasteiger partial charge in [-0.3, -0.25) is 4.90 Å². The Hall–Kier alpha value is -3.33. The Morgan fingerprint density at radius 2 is 1.72 bits per heavy atom. The number of ether oxygens (including phenoxy) is 2. The van der Waals surface area contributed by atoms with Crippen LogP contribution in [0.4, 0.5) is 18.0 Å². The molecule has 0 radical (unpaired) electrons. The summed E-state index contributed by atoms with van der Waals surface area (Å²) in [7, 11) is 1.43. The largest absolute Gasteiger partial charge is 0.460 e. The van der Waals surface area contributed by atoms with Gasteiger partial charge < -0.3 is 14.8 Å². The Kier molecular flexibility index (Phi) is 7.19. The van der Waals surface area contributed by atoms with Crippen molar-refractivity contribution in [3.8, 4) is 0 Å². The topological polar surface area (TPSA) is 67.9 Å². The van der Waals surface area contributed by atoms with Crippen LogP contribution in [-0.4, -0.2) is 37.2 Å². The maximum Gasteiger partial charge on any atom is 0.416 e. The first-order valence-corrected chi connectivity index (χ1v) is 9.89. The summed E-state index contributed by atoms with van der Waals surface area (Å²) in [5.74, 6) is -0.820. The first-order chi connectivity index (χ1) is 15.2. The van der Waals surface area contributed by atoms with Crippen LogP contribution >= 0.6 is 0 Å². The lowest BCUT2D eigenvalue weighted by atomic mass is 9.91. The molecule has 1 aliphatic rings. The van der Waals surface area contributed by atoms with Crippen LogP contribution in [0, 0.1) is 0 Å². The molecule has 6 nitrogen and oxygen atoms in total. The number of carbonyl (C=O) groups is 2. The van der Waals surface area contributed by atoms with Crippen LogP contribution in [-0.2, 0) is 27.0 Å². The molecule has 2 amide bonds. The van der Waals surface area contributed by atoms with E-state index in [2.05, 4.69) is 5.32 Å². The number of allylic oxidation sites excluding steroid dienone is 1. The second kappa shape index (κ2) is 9.86. The van der Waals surface area contributed by atoms with Crippen molar-refractivity contribution in [3.63, 3.8) is 0 Å². The van der Waals surface area contributed by atoms with E-state index < -0.39 is 29.8 Å². The Morgan fingerprint density at radius 1 is 1.06 bits per heavy atom. The number of amides is 2. The third-order valence-electron chi connectivity index (χ3n) is 5.10. The van der Waals surface area contributed by atoms with Crippen LogP contribution in [0.5, 0.6) is 0 Å². The van der Waals surface area contributed by atoms with E-state index in [-0.39, 0.29) is 36.6 Å². The Morgan fingerprint density at radius 3 is 2.38 bits per heavy atom. The normalized spacial score (nSPS) is 16.7. The van der Waals surface area contributed by atoms with Crippen LogP contribution in [0.1, 0.15) is 29.7 Å². The molecule has 2 aromatic carbocycles. The highest BCUT2D eigenvalue weighted by molar-refractivity contribution is 5.95. The first kappa shape index (κ1) is 23.3. The van der Waals surface area contributed by atoms with E-state index in [4.69, 9.17) is 9.47 Å². The van der Waals surface area contributed by atoms with E-state index in [9.17, 15) is 22.8 Å². The van der Waals surface area contributed by atoms with Crippen LogP contribution in [0.2, 0.25) is 0 Å². The highest BCUT2D eigenvalue weighted by atomic mass is 19.4. The number of hydrogen-bond donors (Lipinski definition) is 1. The minimum atomic E-state index is -4.67. The van der Waals surface area contributed by atoms with E-state index in [1.807, 2.05) is 18.2 Å². The zero-order valence-corrected chi connectivity index (χ0v) is 17.6. The summed E-state index contributed by atoms with van der Waals surface area (Å²) in [6.45, 7) is 1.72. The maximum absolute atomic E-state index is 13.7. The summed E-state index contributed by atoms with van der Waals surface area (Å²) in [5.41, 5.74) is -0.207. The van der Waals surface area contributed by atoms with Gasteiger partial charge in [-0.1, -0.05) is 48.5 Å². The lowest BCUT2D eigenvalue weighted by molar-refractivity contribution is -0.142. The number of rotatable bonds is 7. The number of hydrogen-bond acceptors (Lipinski definition) is 4. The molecular formula is C23H23F3N2O4. The molecule has 0 aromatic heterocycles. The van der Waals surface area contributed by atoms with Crippen molar-refractivity contribution in [1.82, 2.24) is 10.2 Å². The first-order valence-electron chi connectivity index (χ1n) is 9.89. The summed E-state index contributed by atoms with van der Waals surface area (Å²) >= 11 is 0. The SMILES string of the molecule is COCCOC(=O)C1=C(C)N(Cc2ccccc2)C(=O)NC1c1ccccc1C(F)(F)F. The van der Waals surface area contributed by atoms with E-state index in [0.29, 0.717) is 0 Å². The van der Waals surface area contributed by atoms with Crippen molar-refractivity contribution in [3.05, 3.63) is 82.6 Å². The monoisotopic (exact) mass is 448 g/mol. The molecule has 0 saturated carbocycles. The lowest BCUT2D eigenvalue weighted by Crippen LogP contribution is -2.48. The standard InChI is InChI=1S/C23H23F3N2O4/c1-15-19(21(29)32-13-12-31-2)20(17-10-6-7-11-18(17)23(24,25)26)27-22(30)28(15)14-16-8-4-3-5-9-16/h3-11,20H,12-14H2,1-2H3,(H,27,30). The van der Waals surface area contributed by atoms with E-state index >= 15 is 0 Å². The van der Waals surface area contributed by atoms with Crippen molar-refractivity contribution in [2.45, 2.75) is 25.7 Å². The minimum absolute atomic E-state index is 0.0617. The molecule has 1 N–H and O–H groups in total. The molecule has 1 atom stereocenters. The van der Waals surface area contributed by atoms with Crippen molar-refractivity contribution < 1.29 is 32.2 Å². The van der Waals surface area contributed by atoms with E-state index in [0.717, 1.165) is 11.6 Å². The quantitative estimate of drug-likeness (QED) is 0.503. The molecule has 170 valence electrons. The van der Waals surface area contributed by atoms with Crippen molar-refractivity contribution >= 4 is 12.0 Å². The average Bonchev–Trinajstić information content (AvgIpc) is 2.76. The van der Waals surface area contributed by atoms with Crippen LogP contribution in [0.25, 0.3) is 0 Å². The zero-order chi connectivity index (χ0) is 23.3. The van der Waals surface area contributed by atoms with Gasteiger partial charge in [0, 0.05) is 12.8 Å². The van der Waals surface area contributed by atoms with Crippen molar-refractivity contribution in [2.24, 2.45) is 0 Å². The predicted molar refractivity (Wildman–Crippen MR) is 110 cm³/mol. The van der Waals surface area contributed by atoms with Crippen molar-refractivity contribution in [1.29, 1.82) is 0 Å². The zero-order valence-electron chi connectivity index (χ0n) is 17.6. The highest BCUT2D eigenvalue weighted by Gasteiger charge is 2.41. The number of benzene rings is 2. The molecule has 0 saturated heterocycles. The Bertz CT molecular complexity index is 1010. The van der Waals surface area contributed by atoms with Crippen LogP contribution in [0.3, 0.4) is 0 Å². The highest BCUT2D eigenvalue weighted by Crippen LogP contribution is 2.39. The number of nitrogens with one attached hydrogen (secondary N) is 1. The molecule has 0 aliphatic carbocycles. The van der Waals surface area contributed by atoms with Gasteiger partial charge >= 0.3 is 18.2 Å². The number of alkyl halides is 3. The molecule has 1 heterocycles. The lowest BCUT2D eigenvalue weighted by Gasteiger charge is -2.36. The van der Waals surface area contributed by atoms with Gasteiger partial charge in [0.2, 0.25) is 0 Å². The number of halogens is 3. The maximum atomic E-state index is 13.7. The fourth-order valence-corrected chi connectivity index (χ4v) is 3.54. The number of carbonyl (C=O) groups excluding carboxylic acids is 2. The summed E-state index contributed by atoms with van der Waals surface area (Å²) in [5, 5.41) is 2.56. The molecule has 1 aliphatic heterocycles.